The van der Waals surface area contributed by atoms with Crippen LogP contribution in [-0.2, 0) is 6.54 Å². The standard InChI is InChI=1S/C24H27ClN4O3/c1-3-31-21-9-7-20(8-10-21)26-24(30)29-13-11-28(12-14-29)16-22-17(2)32-23(27-22)18-5-4-6-19(25)15-18/h4-10,15H,3,11-14,16H2,1-2H3,(H,26,30). The van der Waals surface area contributed by atoms with Crippen LogP contribution in [0.4, 0.5) is 10.5 Å². The summed E-state index contributed by atoms with van der Waals surface area (Å²) in [5, 5.41) is 3.61. The number of aryl methyl sites for hydroxylation is 1. The van der Waals surface area contributed by atoms with Crippen molar-refractivity contribution in [3.8, 4) is 17.2 Å². The molecular weight excluding hydrogens is 428 g/mol. The van der Waals surface area contributed by atoms with Gasteiger partial charge in [0.25, 0.3) is 0 Å². The van der Waals surface area contributed by atoms with Crippen LogP contribution in [-0.4, -0.2) is 53.6 Å². The van der Waals surface area contributed by atoms with Crippen molar-refractivity contribution in [3.05, 3.63) is 65.0 Å². The Hall–Kier alpha value is -3.03. The SMILES string of the molecule is CCOc1ccc(NC(=O)N2CCN(Cc3nc(-c4cccc(Cl)c4)oc3C)CC2)cc1. The van der Waals surface area contributed by atoms with Gasteiger partial charge in [-0.15, -0.1) is 0 Å². The van der Waals surface area contributed by atoms with Gasteiger partial charge < -0.3 is 19.4 Å². The van der Waals surface area contributed by atoms with Crippen molar-refractivity contribution in [1.82, 2.24) is 14.8 Å². The maximum Gasteiger partial charge on any atom is 0.321 e. The molecule has 1 aliphatic heterocycles. The number of rotatable bonds is 6. The van der Waals surface area contributed by atoms with Gasteiger partial charge in [-0.3, -0.25) is 4.90 Å². The molecule has 1 N–H and O–H groups in total. The molecule has 0 atom stereocenters. The number of oxazole rings is 1. The van der Waals surface area contributed by atoms with E-state index in [4.69, 9.17) is 20.8 Å². The quantitative estimate of drug-likeness (QED) is 0.564. The van der Waals surface area contributed by atoms with E-state index in [-0.39, 0.29) is 6.03 Å². The molecule has 2 heterocycles. The third kappa shape index (κ3) is 5.41. The Kier molecular flexibility index (Phi) is 6.97. The number of urea groups is 1. The summed E-state index contributed by atoms with van der Waals surface area (Å²) < 4.78 is 11.3. The fraction of sp³-hybridized carbons (Fsp3) is 0.333. The first kappa shape index (κ1) is 22.2. The van der Waals surface area contributed by atoms with Crippen molar-refractivity contribution < 1.29 is 13.9 Å². The molecule has 0 radical (unpaired) electrons. The number of hydrogen-bond donors (Lipinski definition) is 1. The van der Waals surface area contributed by atoms with Gasteiger partial charge in [-0.25, -0.2) is 9.78 Å². The van der Waals surface area contributed by atoms with Gasteiger partial charge in [0.1, 0.15) is 11.5 Å². The van der Waals surface area contributed by atoms with Gasteiger partial charge in [-0.05, 0) is 56.3 Å². The lowest BCUT2D eigenvalue weighted by atomic mass is 10.2. The van der Waals surface area contributed by atoms with E-state index in [1.165, 1.54) is 0 Å². The molecule has 1 aromatic heterocycles. The van der Waals surface area contributed by atoms with Crippen LogP contribution in [0, 0.1) is 6.92 Å². The zero-order valence-electron chi connectivity index (χ0n) is 18.3. The second kappa shape index (κ2) is 10.1. The Labute approximate surface area is 192 Å². The van der Waals surface area contributed by atoms with Crippen LogP contribution in [0.15, 0.2) is 52.9 Å². The van der Waals surface area contributed by atoms with Crippen molar-refractivity contribution in [2.75, 3.05) is 38.1 Å². The van der Waals surface area contributed by atoms with E-state index in [0.29, 0.717) is 37.2 Å². The van der Waals surface area contributed by atoms with Crippen LogP contribution in [0.25, 0.3) is 11.5 Å². The summed E-state index contributed by atoms with van der Waals surface area (Å²) in [6.45, 7) is 8.03. The molecule has 0 aliphatic carbocycles. The number of halogens is 1. The minimum absolute atomic E-state index is 0.0883. The van der Waals surface area contributed by atoms with Gasteiger partial charge in [0, 0.05) is 49.0 Å². The predicted octanol–water partition coefficient (Wildman–Crippen LogP) is 5.05. The molecule has 0 saturated carbocycles. The van der Waals surface area contributed by atoms with Crippen molar-refractivity contribution in [2.24, 2.45) is 0 Å². The summed E-state index contributed by atoms with van der Waals surface area (Å²) in [4.78, 5) is 21.4. The summed E-state index contributed by atoms with van der Waals surface area (Å²) in [6, 6.07) is 14.8. The van der Waals surface area contributed by atoms with Crippen molar-refractivity contribution >= 4 is 23.3 Å². The monoisotopic (exact) mass is 454 g/mol. The lowest BCUT2D eigenvalue weighted by Crippen LogP contribution is -2.49. The molecule has 4 rings (SSSR count). The van der Waals surface area contributed by atoms with Gasteiger partial charge in [-0.1, -0.05) is 17.7 Å². The molecule has 1 saturated heterocycles. The fourth-order valence-electron chi connectivity index (χ4n) is 3.64. The number of aromatic nitrogens is 1. The van der Waals surface area contributed by atoms with E-state index in [2.05, 4.69) is 15.2 Å². The van der Waals surface area contributed by atoms with Gasteiger partial charge in [-0.2, -0.15) is 0 Å². The van der Waals surface area contributed by atoms with Gasteiger partial charge in [0.15, 0.2) is 0 Å². The highest BCUT2D eigenvalue weighted by Crippen LogP contribution is 2.25. The number of hydrogen-bond acceptors (Lipinski definition) is 5. The Balaban J connectivity index is 1.30. The molecule has 2 aromatic carbocycles. The molecule has 0 spiro atoms. The lowest BCUT2D eigenvalue weighted by molar-refractivity contribution is 0.141. The predicted molar refractivity (Wildman–Crippen MR) is 125 cm³/mol. The molecule has 8 heteroatoms. The number of nitrogens with one attached hydrogen (secondary N) is 1. The topological polar surface area (TPSA) is 70.8 Å². The maximum atomic E-state index is 12.6. The molecule has 1 fully saturated rings. The number of carbonyl (C=O) groups excluding carboxylic acids is 1. The van der Waals surface area contributed by atoms with E-state index < -0.39 is 0 Å². The van der Waals surface area contributed by atoms with Crippen molar-refractivity contribution in [1.29, 1.82) is 0 Å². The first-order valence-electron chi connectivity index (χ1n) is 10.7. The summed E-state index contributed by atoms with van der Waals surface area (Å²) in [5.74, 6) is 2.17. The minimum atomic E-state index is -0.0883. The molecule has 32 heavy (non-hydrogen) atoms. The van der Waals surface area contributed by atoms with Crippen LogP contribution >= 0.6 is 11.6 Å². The van der Waals surface area contributed by atoms with Crippen LogP contribution in [0.2, 0.25) is 5.02 Å². The summed E-state index contributed by atoms with van der Waals surface area (Å²) in [6.07, 6.45) is 0. The molecule has 0 unspecified atom stereocenters. The molecule has 2 amide bonds. The van der Waals surface area contributed by atoms with E-state index in [0.717, 1.165) is 41.5 Å². The van der Waals surface area contributed by atoms with Gasteiger partial charge in [0.05, 0.1) is 12.3 Å². The Bertz CT molecular complexity index is 1060. The molecule has 1 aliphatic rings. The van der Waals surface area contributed by atoms with Crippen molar-refractivity contribution in [2.45, 2.75) is 20.4 Å². The molecule has 3 aromatic rings. The zero-order chi connectivity index (χ0) is 22.5. The van der Waals surface area contributed by atoms with Crippen LogP contribution in [0.1, 0.15) is 18.4 Å². The minimum Gasteiger partial charge on any atom is -0.494 e. The molecule has 0 bridgehead atoms. The largest absolute Gasteiger partial charge is 0.494 e. The van der Waals surface area contributed by atoms with E-state index in [1.54, 1.807) is 0 Å². The molecule has 7 nitrogen and oxygen atoms in total. The molecule has 168 valence electrons. The number of nitrogens with zero attached hydrogens (tertiary/aromatic N) is 3. The maximum absolute atomic E-state index is 12.6. The normalized spacial score (nSPS) is 14.4. The Morgan fingerprint density at radius 2 is 1.91 bits per heavy atom. The van der Waals surface area contributed by atoms with Crippen molar-refractivity contribution in [3.63, 3.8) is 0 Å². The average Bonchev–Trinajstić information content (AvgIpc) is 3.16. The first-order chi connectivity index (χ1) is 15.5. The number of anilines is 1. The number of ether oxygens (including phenoxy) is 1. The average molecular weight is 455 g/mol. The zero-order valence-corrected chi connectivity index (χ0v) is 19.1. The Morgan fingerprint density at radius 3 is 2.59 bits per heavy atom. The highest BCUT2D eigenvalue weighted by Gasteiger charge is 2.23. The second-order valence-corrected chi connectivity index (χ2v) is 8.12. The number of piperazine rings is 1. The number of amides is 2. The highest BCUT2D eigenvalue weighted by atomic mass is 35.5. The summed E-state index contributed by atoms with van der Waals surface area (Å²) in [5.41, 5.74) is 2.53. The second-order valence-electron chi connectivity index (χ2n) is 7.68. The van der Waals surface area contributed by atoms with E-state index in [9.17, 15) is 4.79 Å². The molecular formula is C24H27ClN4O3. The van der Waals surface area contributed by atoms with Crippen LogP contribution in [0.3, 0.4) is 0 Å². The number of benzene rings is 2. The van der Waals surface area contributed by atoms with Gasteiger partial charge >= 0.3 is 6.03 Å². The van der Waals surface area contributed by atoms with E-state index in [1.807, 2.05) is 67.3 Å². The van der Waals surface area contributed by atoms with Crippen LogP contribution < -0.4 is 10.1 Å². The summed E-state index contributed by atoms with van der Waals surface area (Å²) >= 11 is 6.09. The van der Waals surface area contributed by atoms with Gasteiger partial charge in [0.2, 0.25) is 5.89 Å². The third-order valence-electron chi connectivity index (χ3n) is 5.41. The third-order valence-corrected chi connectivity index (χ3v) is 5.65. The van der Waals surface area contributed by atoms with Crippen LogP contribution in [0.5, 0.6) is 5.75 Å². The van der Waals surface area contributed by atoms with E-state index >= 15 is 0 Å². The first-order valence-corrected chi connectivity index (χ1v) is 11.1. The smallest absolute Gasteiger partial charge is 0.321 e. The fourth-order valence-corrected chi connectivity index (χ4v) is 3.83. The number of carbonyl (C=O) groups is 1. The Morgan fingerprint density at radius 1 is 1.16 bits per heavy atom. The lowest BCUT2D eigenvalue weighted by Gasteiger charge is -2.34. The highest BCUT2D eigenvalue weighted by molar-refractivity contribution is 6.30. The summed E-state index contributed by atoms with van der Waals surface area (Å²) in [7, 11) is 0.